The molecule has 32 heavy (non-hydrogen) atoms. The van der Waals surface area contributed by atoms with Gasteiger partial charge in [-0.15, -0.1) is 0 Å². The second kappa shape index (κ2) is 10.2. The van der Waals surface area contributed by atoms with Gasteiger partial charge in [0.15, 0.2) is 0 Å². The molecular weight excluding hydrogens is 402 g/mol. The number of rotatable bonds is 7. The van der Waals surface area contributed by atoms with Crippen LogP contribution in [0, 0.1) is 0 Å². The normalized spacial score (nSPS) is 18.0. The summed E-state index contributed by atoms with van der Waals surface area (Å²) in [6.07, 6.45) is 0.178. The number of hydrogen-bond donors (Lipinski definition) is 0. The molecule has 164 valence electrons. The molecule has 0 bridgehead atoms. The summed E-state index contributed by atoms with van der Waals surface area (Å²) in [6, 6.07) is 28.5. The average molecular weight is 430 g/mol. The Balaban J connectivity index is 1.58. The molecule has 3 aromatic carbocycles. The van der Waals surface area contributed by atoms with Crippen molar-refractivity contribution in [3.05, 3.63) is 108 Å². The van der Waals surface area contributed by atoms with Crippen molar-refractivity contribution in [3.8, 4) is 0 Å². The summed E-state index contributed by atoms with van der Waals surface area (Å²) in [5, 5.41) is 0. The van der Waals surface area contributed by atoms with Crippen molar-refractivity contribution in [1.82, 2.24) is 4.90 Å². The van der Waals surface area contributed by atoms with Gasteiger partial charge in [-0.25, -0.2) is 4.79 Å². The van der Waals surface area contributed by atoms with E-state index in [9.17, 15) is 9.59 Å². The van der Waals surface area contributed by atoms with E-state index in [1.165, 1.54) is 7.11 Å². The number of amides is 1. The first-order valence-electron chi connectivity index (χ1n) is 10.8. The second-order valence-electron chi connectivity index (χ2n) is 7.94. The third-order valence-electron chi connectivity index (χ3n) is 5.86. The fourth-order valence-corrected chi connectivity index (χ4v) is 4.24. The molecule has 4 rings (SSSR count). The Morgan fingerprint density at radius 2 is 1.41 bits per heavy atom. The van der Waals surface area contributed by atoms with Crippen molar-refractivity contribution >= 4 is 11.9 Å². The first kappa shape index (κ1) is 21.8. The molecule has 5 nitrogen and oxygen atoms in total. The first-order chi connectivity index (χ1) is 15.7. The smallest absolute Gasteiger partial charge is 0.328 e. The number of esters is 1. The van der Waals surface area contributed by atoms with Gasteiger partial charge in [-0.2, -0.15) is 0 Å². The third-order valence-corrected chi connectivity index (χ3v) is 5.86. The van der Waals surface area contributed by atoms with Gasteiger partial charge in [0.05, 0.1) is 25.7 Å². The molecule has 0 spiro atoms. The van der Waals surface area contributed by atoms with Crippen LogP contribution in [0.25, 0.3) is 0 Å². The Morgan fingerprint density at radius 3 is 1.94 bits per heavy atom. The van der Waals surface area contributed by atoms with Crippen LogP contribution in [-0.2, 0) is 25.7 Å². The number of nitrogens with zero attached hydrogens (tertiary/aromatic N) is 1. The summed E-state index contributed by atoms with van der Waals surface area (Å²) in [7, 11) is 1.36. The zero-order valence-corrected chi connectivity index (χ0v) is 18.1. The molecule has 3 aromatic rings. The highest BCUT2D eigenvalue weighted by Gasteiger charge is 2.43. The molecule has 0 N–H and O–H groups in total. The topological polar surface area (TPSA) is 55.8 Å². The fraction of sp³-hybridized carbons (Fsp3) is 0.259. The van der Waals surface area contributed by atoms with E-state index >= 15 is 0 Å². The van der Waals surface area contributed by atoms with E-state index in [2.05, 4.69) is 0 Å². The molecular formula is C27H27NO4. The molecule has 0 aliphatic carbocycles. The molecule has 0 radical (unpaired) electrons. The summed E-state index contributed by atoms with van der Waals surface area (Å²) >= 11 is 0. The Morgan fingerprint density at radius 1 is 0.875 bits per heavy atom. The lowest BCUT2D eigenvalue weighted by Gasteiger charge is -2.28. The van der Waals surface area contributed by atoms with Gasteiger partial charge in [-0.1, -0.05) is 91.0 Å². The standard InChI is InChI=1S/C27H27NO4/c1-31-27(30)24-17-23(32-19-20-11-5-2-6-12-20)18-28(24)26(29)25(21-13-7-3-8-14-21)22-15-9-4-10-16-22/h2-16,23-25H,17-19H2,1H3. The summed E-state index contributed by atoms with van der Waals surface area (Å²) in [5.74, 6) is -1.04. The molecule has 1 heterocycles. The van der Waals surface area contributed by atoms with E-state index in [1.54, 1.807) is 4.90 Å². The highest BCUT2D eigenvalue weighted by atomic mass is 16.5. The molecule has 0 aromatic heterocycles. The zero-order chi connectivity index (χ0) is 22.3. The van der Waals surface area contributed by atoms with Crippen LogP contribution in [0.2, 0.25) is 0 Å². The molecule has 1 fully saturated rings. The monoisotopic (exact) mass is 429 g/mol. The van der Waals surface area contributed by atoms with E-state index in [1.807, 2.05) is 91.0 Å². The number of carbonyl (C=O) groups is 2. The zero-order valence-electron chi connectivity index (χ0n) is 18.1. The van der Waals surface area contributed by atoms with Gasteiger partial charge in [-0.05, 0) is 16.7 Å². The summed E-state index contributed by atoms with van der Waals surface area (Å²) in [4.78, 5) is 28.1. The number of benzene rings is 3. The van der Waals surface area contributed by atoms with Gasteiger partial charge in [0.1, 0.15) is 6.04 Å². The number of methoxy groups -OCH3 is 1. The van der Waals surface area contributed by atoms with Crippen molar-refractivity contribution in [3.63, 3.8) is 0 Å². The van der Waals surface area contributed by atoms with Gasteiger partial charge in [0, 0.05) is 13.0 Å². The van der Waals surface area contributed by atoms with E-state index in [0.29, 0.717) is 19.6 Å². The largest absolute Gasteiger partial charge is 0.467 e. The van der Waals surface area contributed by atoms with E-state index in [4.69, 9.17) is 9.47 Å². The minimum absolute atomic E-state index is 0.122. The molecule has 1 amide bonds. The molecule has 5 heteroatoms. The summed E-state index contributed by atoms with van der Waals surface area (Å²) in [5.41, 5.74) is 2.83. The van der Waals surface area contributed by atoms with Crippen molar-refractivity contribution < 1.29 is 19.1 Å². The number of ether oxygens (including phenoxy) is 2. The number of carbonyl (C=O) groups excluding carboxylic acids is 2. The van der Waals surface area contributed by atoms with Gasteiger partial charge in [0.2, 0.25) is 5.91 Å². The van der Waals surface area contributed by atoms with Gasteiger partial charge in [-0.3, -0.25) is 4.79 Å². The van der Waals surface area contributed by atoms with Crippen LogP contribution in [0.1, 0.15) is 29.0 Å². The van der Waals surface area contributed by atoms with Gasteiger partial charge in [0.25, 0.3) is 0 Å². The Bertz CT molecular complexity index is 984. The highest BCUT2D eigenvalue weighted by Crippen LogP contribution is 2.31. The van der Waals surface area contributed by atoms with E-state index < -0.39 is 17.9 Å². The van der Waals surface area contributed by atoms with Crippen molar-refractivity contribution in [2.45, 2.75) is 31.1 Å². The molecule has 1 aliphatic rings. The molecule has 1 aliphatic heterocycles. The van der Waals surface area contributed by atoms with Crippen LogP contribution >= 0.6 is 0 Å². The maximum Gasteiger partial charge on any atom is 0.328 e. The molecule has 2 atom stereocenters. The van der Waals surface area contributed by atoms with Crippen LogP contribution in [0.3, 0.4) is 0 Å². The Kier molecular flexibility index (Phi) is 6.97. The Labute approximate surface area is 188 Å². The minimum Gasteiger partial charge on any atom is -0.467 e. The molecule has 2 unspecified atom stereocenters. The number of likely N-dealkylation sites (tertiary alicyclic amines) is 1. The lowest BCUT2D eigenvalue weighted by atomic mass is 9.90. The predicted molar refractivity (Wildman–Crippen MR) is 122 cm³/mol. The predicted octanol–water partition coefficient (Wildman–Crippen LogP) is 4.18. The van der Waals surface area contributed by atoms with Gasteiger partial charge >= 0.3 is 5.97 Å². The highest BCUT2D eigenvalue weighted by molar-refractivity contribution is 5.91. The number of hydrogen-bond acceptors (Lipinski definition) is 4. The molecule has 1 saturated heterocycles. The maximum absolute atomic E-state index is 13.9. The van der Waals surface area contributed by atoms with Crippen LogP contribution < -0.4 is 0 Å². The van der Waals surface area contributed by atoms with E-state index in [0.717, 1.165) is 16.7 Å². The lowest BCUT2D eigenvalue weighted by Crippen LogP contribution is -2.43. The first-order valence-corrected chi connectivity index (χ1v) is 10.8. The fourth-order valence-electron chi connectivity index (χ4n) is 4.24. The van der Waals surface area contributed by atoms with Crippen LogP contribution in [0.4, 0.5) is 0 Å². The van der Waals surface area contributed by atoms with Crippen molar-refractivity contribution in [2.75, 3.05) is 13.7 Å². The minimum atomic E-state index is -0.664. The molecule has 0 saturated carbocycles. The van der Waals surface area contributed by atoms with E-state index in [-0.39, 0.29) is 12.0 Å². The van der Waals surface area contributed by atoms with Crippen LogP contribution in [0.5, 0.6) is 0 Å². The SMILES string of the molecule is COC(=O)C1CC(OCc2ccccc2)CN1C(=O)C(c1ccccc1)c1ccccc1. The third kappa shape index (κ3) is 4.89. The summed E-state index contributed by atoms with van der Waals surface area (Å²) in [6.45, 7) is 0.782. The van der Waals surface area contributed by atoms with Gasteiger partial charge < -0.3 is 14.4 Å². The quantitative estimate of drug-likeness (QED) is 0.529. The lowest BCUT2D eigenvalue weighted by molar-refractivity contribution is -0.151. The van der Waals surface area contributed by atoms with Crippen molar-refractivity contribution in [1.29, 1.82) is 0 Å². The maximum atomic E-state index is 13.9. The van der Waals surface area contributed by atoms with Crippen LogP contribution in [-0.4, -0.2) is 42.6 Å². The Hall–Kier alpha value is -3.44. The van der Waals surface area contributed by atoms with Crippen molar-refractivity contribution in [2.24, 2.45) is 0 Å². The average Bonchev–Trinajstić information content (AvgIpc) is 3.29. The second-order valence-corrected chi connectivity index (χ2v) is 7.94. The summed E-state index contributed by atoms with van der Waals surface area (Å²) < 4.78 is 11.1. The van der Waals surface area contributed by atoms with Crippen LogP contribution in [0.15, 0.2) is 91.0 Å².